The summed E-state index contributed by atoms with van der Waals surface area (Å²) in [6, 6.07) is 10.6. The molecule has 0 spiro atoms. The van der Waals surface area contributed by atoms with Crippen LogP contribution in [0.15, 0.2) is 36.5 Å². The third-order valence-corrected chi connectivity index (χ3v) is 3.06. The van der Waals surface area contributed by atoms with E-state index in [2.05, 4.69) is 30.3 Å². The van der Waals surface area contributed by atoms with Gasteiger partial charge >= 0.3 is 0 Å². The molecule has 1 N–H and O–H groups in total. The fourth-order valence-corrected chi connectivity index (χ4v) is 1.88. The van der Waals surface area contributed by atoms with E-state index in [0.29, 0.717) is 11.9 Å². The summed E-state index contributed by atoms with van der Waals surface area (Å²) in [7, 11) is 0. The van der Waals surface area contributed by atoms with Crippen molar-refractivity contribution in [3.63, 3.8) is 0 Å². The summed E-state index contributed by atoms with van der Waals surface area (Å²) >= 11 is 5.81. The quantitative estimate of drug-likeness (QED) is 0.832. The molecule has 0 fully saturated rings. The van der Waals surface area contributed by atoms with E-state index in [1.54, 1.807) is 0 Å². The standard InChI is InChI=1S/C14H18ClN3/c1-11(2)18-7-6-14(17-18)10-16-13-5-3-4-12(8-13)9-15/h3-8,11,16H,9-10H2,1-2H3. The highest BCUT2D eigenvalue weighted by Gasteiger charge is 2.02. The zero-order chi connectivity index (χ0) is 13.0. The first-order valence-corrected chi connectivity index (χ1v) is 6.65. The molecule has 1 aromatic carbocycles. The maximum Gasteiger partial charge on any atom is 0.0815 e. The predicted octanol–water partition coefficient (Wildman–Crippen LogP) is 3.81. The van der Waals surface area contributed by atoms with Crippen molar-refractivity contribution in [3.8, 4) is 0 Å². The van der Waals surface area contributed by atoms with Gasteiger partial charge in [0, 0.05) is 23.8 Å². The normalized spacial score (nSPS) is 10.9. The zero-order valence-electron chi connectivity index (χ0n) is 10.7. The first kappa shape index (κ1) is 13.0. The molecule has 0 unspecified atom stereocenters. The number of rotatable bonds is 5. The average molecular weight is 264 g/mol. The van der Waals surface area contributed by atoms with E-state index in [1.165, 1.54) is 0 Å². The third kappa shape index (κ3) is 3.26. The molecule has 3 nitrogen and oxygen atoms in total. The number of hydrogen-bond acceptors (Lipinski definition) is 2. The van der Waals surface area contributed by atoms with E-state index in [-0.39, 0.29) is 0 Å². The second-order valence-corrected chi connectivity index (χ2v) is 4.84. The molecule has 18 heavy (non-hydrogen) atoms. The molecule has 0 atom stereocenters. The van der Waals surface area contributed by atoms with Crippen molar-refractivity contribution >= 4 is 17.3 Å². The number of benzene rings is 1. The second kappa shape index (κ2) is 5.91. The van der Waals surface area contributed by atoms with Crippen LogP contribution in [0.3, 0.4) is 0 Å². The fourth-order valence-electron chi connectivity index (χ4n) is 1.72. The average Bonchev–Trinajstić information content (AvgIpc) is 2.85. The second-order valence-electron chi connectivity index (χ2n) is 4.57. The lowest BCUT2D eigenvalue weighted by Gasteiger charge is -2.06. The van der Waals surface area contributed by atoms with Gasteiger partial charge in [-0.15, -0.1) is 11.6 Å². The number of nitrogens with one attached hydrogen (secondary N) is 1. The van der Waals surface area contributed by atoms with Crippen LogP contribution in [0.1, 0.15) is 31.1 Å². The molecule has 0 amide bonds. The molecule has 2 aromatic rings. The van der Waals surface area contributed by atoms with Crippen LogP contribution in [-0.4, -0.2) is 9.78 Å². The molecule has 1 heterocycles. The van der Waals surface area contributed by atoms with E-state index in [9.17, 15) is 0 Å². The molecule has 0 saturated heterocycles. The Bertz CT molecular complexity index is 505. The minimum atomic E-state index is 0.401. The number of nitrogens with zero attached hydrogens (tertiary/aromatic N) is 2. The lowest BCUT2D eigenvalue weighted by Crippen LogP contribution is -2.04. The Labute approximate surface area is 113 Å². The molecular weight excluding hydrogens is 246 g/mol. The van der Waals surface area contributed by atoms with Crippen LogP contribution in [0.2, 0.25) is 0 Å². The first-order valence-electron chi connectivity index (χ1n) is 6.12. The number of alkyl halides is 1. The lowest BCUT2D eigenvalue weighted by atomic mass is 10.2. The van der Waals surface area contributed by atoms with Crippen LogP contribution in [0.4, 0.5) is 5.69 Å². The van der Waals surface area contributed by atoms with Crippen LogP contribution >= 0.6 is 11.6 Å². The molecule has 0 bridgehead atoms. The number of anilines is 1. The summed E-state index contributed by atoms with van der Waals surface area (Å²) in [5.41, 5.74) is 3.24. The highest BCUT2D eigenvalue weighted by Crippen LogP contribution is 2.13. The molecule has 0 radical (unpaired) electrons. The molecule has 2 rings (SSSR count). The Kier molecular flexibility index (Phi) is 4.26. The predicted molar refractivity (Wildman–Crippen MR) is 75.9 cm³/mol. The SMILES string of the molecule is CC(C)n1ccc(CNc2cccc(CCl)c2)n1. The van der Waals surface area contributed by atoms with Gasteiger partial charge in [0.05, 0.1) is 12.2 Å². The Morgan fingerprint density at radius 2 is 2.17 bits per heavy atom. The largest absolute Gasteiger partial charge is 0.379 e. The van der Waals surface area contributed by atoms with Crippen molar-refractivity contribution in [2.75, 3.05) is 5.32 Å². The number of hydrogen-bond donors (Lipinski definition) is 1. The lowest BCUT2D eigenvalue weighted by molar-refractivity contribution is 0.527. The van der Waals surface area contributed by atoms with E-state index >= 15 is 0 Å². The highest BCUT2D eigenvalue weighted by atomic mass is 35.5. The van der Waals surface area contributed by atoms with Gasteiger partial charge in [-0.05, 0) is 37.6 Å². The molecule has 0 aliphatic rings. The van der Waals surface area contributed by atoms with Gasteiger partial charge in [-0.3, -0.25) is 4.68 Å². The Morgan fingerprint density at radius 3 is 2.83 bits per heavy atom. The van der Waals surface area contributed by atoms with E-state index < -0.39 is 0 Å². The molecular formula is C14H18ClN3. The Hall–Kier alpha value is -1.48. The number of aromatic nitrogens is 2. The van der Waals surface area contributed by atoms with Crippen molar-refractivity contribution in [1.29, 1.82) is 0 Å². The van der Waals surface area contributed by atoms with Gasteiger partial charge in [-0.25, -0.2) is 0 Å². The third-order valence-electron chi connectivity index (χ3n) is 2.75. The van der Waals surface area contributed by atoms with Gasteiger partial charge in [-0.1, -0.05) is 12.1 Å². The molecule has 0 saturated carbocycles. The Morgan fingerprint density at radius 1 is 1.33 bits per heavy atom. The van der Waals surface area contributed by atoms with Crippen molar-refractivity contribution in [2.24, 2.45) is 0 Å². The van der Waals surface area contributed by atoms with Crippen molar-refractivity contribution in [3.05, 3.63) is 47.8 Å². The van der Waals surface area contributed by atoms with Crippen molar-refractivity contribution < 1.29 is 0 Å². The van der Waals surface area contributed by atoms with E-state index in [1.807, 2.05) is 35.1 Å². The molecule has 0 aliphatic heterocycles. The zero-order valence-corrected chi connectivity index (χ0v) is 11.5. The van der Waals surface area contributed by atoms with Crippen LogP contribution in [0.5, 0.6) is 0 Å². The van der Waals surface area contributed by atoms with Gasteiger partial charge in [-0.2, -0.15) is 5.10 Å². The van der Waals surface area contributed by atoms with Gasteiger partial charge in [0.25, 0.3) is 0 Å². The van der Waals surface area contributed by atoms with Crippen LogP contribution in [-0.2, 0) is 12.4 Å². The van der Waals surface area contributed by atoms with Gasteiger partial charge in [0.2, 0.25) is 0 Å². The molecule has 4 heteroatoms. The number of halogens is 1. The van der Waals surface area contributed by atoms with Crippen LogP contribution < -0.4 is 5.32 Å². The fraction of sp³-hybridized carbons (Fsp3) is 0.357. The first-order chi connectivity index (χ1) is 8.69. The molecule has 96 valence electrons. The van der Waals surface area contributed by atoms with Crippen LogP contribution in [0.25, 0.3) is 0 Å². The van der Waals surface area contributed by atoms with Gasteiger partial charge < -0.3 is 5.32 Å². The van der Waals surface area contributed by atoms with Gasteiger partial charge in [0.1, 0.15) is 0 Å². The van der Waals surface area contributed by atoms with Crippen molar-refractivity contribution in [1.82, 2.24) is 9.78 Å². The maximum atomic E-state index is 5.81. The minimum absolute atomic E-state index is 0.401. The molecule has 1 aromatic heterocycles. The van der Waals surface area contributed by atoms with Crippen LogP contribution in [0, 0.1) is 0 Å². The van der Waals surface area contributed by atoms with E-state index in [0.717, 1.165) is 23.5 Å². The Balaban J connectivity index is 1.97. The summed E-state index contributed by atoms with van der Waals surface area (Å²) in [5.74, 6) is 0.539. The molecule has 0 aliphatic carbocycles. The van der Waals surface area contributed by atoms with Gasteiger partial charge in [0.15, 0.2) is 0 Å². The minimum Gasteiger partial charge on any atom is -0.379 e. The smallest absolute Gasteiger partial charge is 0.0815 e. The summed E-state index contributed by atoms with van der Waals surface area (Å²) < 4.78 is 1.96. The maximum absolute atomic E-state index is 5.81. The summed E-state index contributed by atoms with van der Waals surface area (Å²) in [4.78, 5) is 0. The summed E-state index contributed by atoms with van der Waals surface area (Å²) in [5, 5.41) is 7.85. The highest BCUT2D eigenvalue weighted by molar-refractivity contribution is 6.17. The topological polar surface area (TPSA) is 29.9 Å². The van der Waals surface area contributed by atoms with Crippen molar-refractivity contribution in [2.45, 2.75) is 32.3 Å². The summed E-state index contributed by atoms with van der Waals surface area (Å²) in [6.07, 6.45) is 2.01. The monoisotopic (exact) mass is 263 g/mol. The van der Waals surface area contributed by atoms with E-state index in [4.69, 9.17) is 11.6 Å². The summed E-state index contributed by atoms with van der Waals surface area (Å²) in [6.45, 7) is 4.97.